The van der Waals surface area contributed by atoms with E-state index in [0.717, 1.165) is 0 Å². The van der Waals surface area contributed by atoms with Crippen molar-refractivity contribution in [3.63, 3.8) is 0 Å². The molecule has 0 saturated carbocycles. The zero-order valence-electron chi connectivity index (χ0n) is 13.4. The van der Waals surface area contributed by atoms with Crippen LogP contribution >= 0.6 is 0 Å². The van der Waals surface area contributed by atoms with Crippen molar-refractivity contribution in [2.24, 2.45) is 0 Å². The highest BCUT2D eigenvalue weighted by Gasteiger charge is 2.47. The van der Waals surface area contributed by atoms with Crippen LogP contribution in [0, 0.1) is 11.3 Å². The molecule has 0 aromatic heterocycles. The first-order valence-corrected chi connectivity index (χ1v) is 7.81. The van der Waals surface area contributed by atoms with Crippen LogP contribution in [0.2, 0.25) is 0 Å². The molecule has 3 rings (SSSR count). The van der Waals surface area contributed by atoms with Gasteiger partial charge in [0, 0.05) is 29.8 Å². The normalized spacial score (nSPS) is 20.4. The molecule has 26 heavy (non-hydrogen) atoms. The van der Waals surface area contributed by atoms with Gasteiger partial charge in [0.2, 0.25) is 0 Å². The molecule has 8 heteroatoms. The Labute approximate surface area is 146 Å². The molecule has 1 unspecified atom stereocenters. The fraction of sp³-hybridized carbons (Fsp3) is 0.278. The predicted octanol–water partition coefficient (Wildman–Crippen LogP) is 3.45. The predicted molar refractivity (Wildman–Crippen MR) is 83.4 cm³/mol. The Morgan fingerprint density at radius 3 is 2.65 bits per heavy atom. The monoisotopic (exact) mass is 362 g/mol. The molecule has 1 aliphatic heterocycles. The average molecular weight is 362 g/mol. The minimum Gasteiger partial charge on any atom is -0.478 e. The second-order valence-electron chi connectivity index (χ2n) is 6.03. The first kappa shape index (κ1) is 17.7. The van der Waals surface area contributed by atoms with Crippen LogP contribution in [-0.2, 0) is 9.59 Å². The first-order chi connectivity index (χ1) is 12.2. The fourth-order valence-corrected chi connectivity index (χ4v) is 3.41. The molecule has 0 fully saturated rings. The minimum atomic E-state index is -4.83. The summed E-state index contributed by atoms with van der Waals surface area (Å²) in [6.07, 6.45) is -3.93. The van der Waals surface area contributed by atoms with Gasteiger partial charge in [-0.1, -0.05) is 12.1 Å². The third kappa shape index (κ3) is 2.96. The molecule has 1 aromatic carbocycles. The molecule has 0 radical (unpaired) electrons. The van der Waals surface area contributed by atoms with Crippen molar-refractivity contribution in [1.82, 2.24) is 4.90 Å². The second kappa shape index (κ2) is 6.33. The zero-order chi connectivity index (χ0) is 19.1. The maximum atomic E-state index is 13.4. The number of nitrogens with zero attached hydrogens (tertiary/aromatic N) is 2. The Bertz CT molecular complexity index is 894. The maximum Gasteiger partial charge on any atom is 0.488 e. The number of carbonyl (C=O) groups excluding carboxylic acids is 1. The van der Waals surface area contributed by atoms with Crippen molar-refractivity contribution in [2.75, 3.05) is 0 Å². The van der Waals surface area contributed by atoms with Gasteiger partial charge < -0.3 is 5.11 Å². The van der Waals surface area contributed by atoms with Crippen LogP contribution in [-0.4, -0.2) is 28.1 Å². The lowest BCUT2D eigenvalue weighted by Gasteiger charge is -2.38. The molecule has 134 valence electrons. The lowest BCUT2D eigenvalue weighted by molar-refractivity contribution is -0.217. The van der Waals surface area contributed by atoms with Gasteiger partial charge in [0.15, 0.2) is 5.78 Å². The van der Waals surface area contributed by atoms with Crippen LogP contribution < -0.4 is 0 Å². The molecule has 1 heterocycles. The number of hydrogen-bond acceptors (Lipinski definition) is 4. The number of aliphatic carboxylic acids is 1. The Balaban J connectivity index is 2.26. The van der Waals surface area contributed by atoms with Crippen LogP contribution in [0.25, 0.3) is 0 Å². The number of Topliss-reactive ketones (excluding diaryl/α,β-unsaturated/α-hetero) is 1. The highest BCUT2D eigenvalue weighted by atomic mass is 19.4. The first-order valence-electron chi connectivity index (χ1n) is 7.81. The van der Waals surface area contributed by atoms with E-state index in [2.05, 4.69) is 0 Å². The summed E-state index contributed by atoms with van der Waals surface area (Å²) in [5.41, 5.74) is -0.376. The number of rotatable bonds is 2. The van der Waals surface area contributed by atoms with Crippen LogP contribution in [0.5, 0.6) is 0 Å². The van der Waals surface area contributed by atoms with Gasteiger partial charge in [-0.2, -0.15) is 5.26 Å². The van der Waals surface area contributed by atoms with Crippen LogP contribution in [0.15, 0.2) is 47.3 Å². The zero-order valence-corrected chi connectivity index (χ0v) is 13.4. The maximum absolute atomic E-state index is 13.4. The summed E-state index contributed by atoms with van der Waals surface area (Å²) in [7, 11) is 0. The smallest absolute Gasteiger partial charge is 0.478 e. The van der Waals surface area contributed by atoms with Gasteiger partial charge in [-0.3, -0.25) is 9.69 Å². The highest BCUT2D eigenvalue weighted by Crippen LogP contribution is 2.46. The molecule has 1 atom stereocenters. The summed E-state index contributed by atoms with van der Waals surface area (Å²) in [6, 6.07) is 7.83. The lowest BCUT2D eigenvalue weighted by atomic mass is 9.76. The Morgan fingerprint density at radius 1 is 1.31 bits per heavy atom. The summed E-state index contributed by atoms with van der Waals surface area (Å²) in [5.74, 6) is -3.18. The van der Waals surface area contributed by atoms with Gasteiger partial charge >= 0.3 is 12.3 Å². The third-order valence-electron chi connectivity index (χ3n) is 4.46. The number of carboxylic acids is 1. The number of carboxylic acid groups (broad SMARTS) is 1. The molecular formula is C18H13F3N2O3. The van der Waals surface area contributed by atoms with Crippen molar-refractivity contribution < 1.29 is 27.9 Å². The molecule has 1 aromatic rings. The molecule has 0 amide bonds. The molecule has 1 aliphatic carbocycles. The molecule has 0 bridgehead atoms. The average Bonchev–Trinajstić information content (AvgIpc) is 2.59. The number of nitriles is 1. The molecule has 5 nitrogen and oxygen atoms in total. The number of carbonyl (C=O) groups is 2. The van der Waals surface area contributed by atoms with Gasteiger partial charge in [0.05, 0.1) is 17.2 Å². The quantitative estimate of drug-likeness (QED) is 0.815. The molecule has 0 saturated heterocycles. The van der Waals surface area contributed by atoms with E-state index in [1.165, 1.54) is 24.3 Å². The summed E-state index contributed by atoms with van der Waals surface area (Å²) in [6.45, 7) is 0. The van der Waals surface area contributed by atoms with Gasteiger partial charge in [-0.25, -0.2) is 4.79 Å². The molecule has 2 aliphatic rings. The van der Waals surface area contributed by atoms with Crippen molar-refractivity contribution in [3.05, 3.63) is 58.4 Å². The van der Waals surface area contributed by atoms with Gasteiger partial charge in [-0.15, -0.1) is 13.2 Å². The van der Waals surface area contributed by atoms with Crippen molar-refractivity contribution in [2.45, 2.75) is 31.5 Å². The van der Waals surface area contributed by atoms with Gasteiger partial charge in [0.25, 0.3) is 0 Å². The largest absolute Gasteiger partial charge is 0.488 e. The van der Waals surface area contributed by atoms with Crippen LogP contribution in [0.3, 0.4) is 0 Å². The number of ketones is 1. The Morgan fingerprint density at radius 2 is 2.04 bits per heavy atom. The molecule has 0 spiro atoms. The fourth-order valence-electron chi connectivity index (χ4n) is 3.41. The minimum absolute atomic E-state index is 0.0262. The molecular weight excluding hydrogens is 349 g/mol. The van der Waals surface area contributed by atoms with Crippen LogP contribution in [0.4, 0.5) is 13.2 Å². The lowest BCUT2D eigenvalue weighted by Crippen LogP contribution is -2.40. The van der Waals surface area contributed by atoms with Crippen LogP contribution in [0.1, 0.15) is 36.3 Å². The van der Waals surface area contributed by atoms with E-state index in [0.29, 0.717) is 11.8 Å². The van der Waals surface area contributed by atoms with Crippen molar-refractivity contribution in [3.8, 4) is 6.07 Å². The van der Waals surface area contributed by atoms with E-state index >= 15 is 0 Å². The summed E-state index contributed by atoms with van der Waals surface area (Å²) >= 11 is 0. The van der Waals surface area contributed by atoms with E-state index < -0.39 is 29.5 Å². The summed E-state index contributed by atoms with van der Waals surface area (Å²) in [5, 5.41) is 18.5. The van der Waals surface area contributed by atoms with E-state index in [1.807, 2.05) is 6.07 Å². The van der Waals surface area contributed by atoms with E-state index in [4.69, 9.17) is 5.26 Å². The number of hydrogen-bond donors (Lipinski definition) is 1. The van der Waals surface area contributed by atoms with E-state index in [1.54, 1.807) is 0 Å². The molecule has 1 N–H and O–H groups in total. The Hall–Kier alpha value is -3.08. The van der Waals surface area contributed by atoms with Crippen molar-refractivity contribution in [1.29, 1.82) is 5.26 Å². The number of benzene rings is 1. The van der Waals surface area contributed by atoms with E-state index in [9.17, 15) is 27.9 Å². The number of alkyl halides is 3. The number of halogens is 3. The SMILES string of the molecule is N#Cc1cccc(C2C(C(=O)O)=CN(C(F)(F)F)C3=C2C(=O)CCC3)c1. The van der Waals surface area contributed by atoms with Gasteiger partial charge in [0.1, 0.15) is 0 Å². The second-order valence-corrected chi connectivity index (χ2v) is 6.03. The number of allylic oxidation sites excluding steroid dienone is 2. The standard InChI is InChI=1S/C18H13F3N2O3/c19-18(20,21)23-9-12(17(25)26)15(11-4-1-3-10(7-11)8-22)16-13(23)5-2-6-14(16)24/h1,3-4,7,9,15H,2,5-6H2,(H,25,26). The van der Waals surface area contributed by atoms with E-state index in [-0.39, 0.29) is 41.0 Å². The highest BCUT2D eigenvalue weighted by molar-refractivity contribution is 6.03. The van der Waals surface area contributed by atoms with Crippen molar-refractivity contribution >= 4 is 11.8 Å². The van der Waals surface area contributed by atoms with Gasteiger partial charge in [-0.05, 0) is 30.5 Å². The summed E-state index contributed by atoms with van der Waals surface area (Å²) < 4.78 is 40.3. The topological polar surface area (TPSA) is 81.4 Å². The summed E-state index contributed by atoms with van der Waals surface area (Å²) in [4.78, 5) is 24.1. The third-order valence-corrected chi connectivity index (χ3v) is 4.46. The Kier molecular flexibility index (Phi) is 4.32.